The molecular formula is C23H21FN2O3. The van der Waals surface area contributed by atoms with Crippen LogP contribution in [-0.4, -0.2) is 23.8 Å². The minimum Gasteiger partial charge on any atom is -0.497 e. The molecule has 0 aliphatic heterocycles. The number of nitrogens with zero attached hydrogens (tertiary/aromatic N) is 1. The van der Waals surface area contributed by atoms with Crippen LogP contribution in [-0.2, 0) is 11.3 Å². The Labute approximate surface area is 168 Å². The number of ether oxygens (including phenoxy) is 1. The number of benzene rings is 3. The molecule has 2 N–H and O–H groups in total. The number of hydrogen-bond acceptors (Lipinski definition) is 3. The first-order valence-corrected chi connectivity index (χ1v) is 9.03. The third-order valence-corrected chi connectivity index (χ3v) is 4.54. The predicted molar refractivity (Wildman–Crippen MR) is 108 cm³/mol. The van der Waals surface area contributed by atoms with Crippen LogP contribution in [0.2, 0.25) is 0 Å². The number of rotatable bonds is 7. The molecule has 0 radical (unpaired) electrons. The van der Waals surface area contributed by atoms with Crippen LogP contribution in [0.1, 0.15) is 27.5 Å². The number of carbonyl (C=O) groups excluding carboxylic acids is 2. The Hall–Kier alpha value is -3.67. The van der Waals surface area contributed by atoms with Gasteiger partial charge < -0.3 is 15.4 Å². The van der Waals surface area contributed by atoms with Gasteiger partial charge in [-0.3, -0.25) is 9.59 Å². The molecule has 0 bridgehead atoms. The highest BCUT2D eigenvalue weighted by atomic mass is 19.1. The second-order valence-electron chi connectivity index (χ2n) is 6.51. The summed E-state index contributed by atoms with van der Waals surface area (Å²) in [5.41, 5.74) is 7.32. The zero-order valence-electron chi connectivity index (χ0n) is 15.9. The lowest BCUT2D eigenvalue weighted by atomic mass is 10.0. The van der Waals surface area contributed by atoms with Crippen molar-refractivity contribution in [2.75, 3.05) is 7.11 Å². The van der Waals surface area contributed by atoms with E-state index < -0.39 is 23.7 Å². The molecule has 0 fully saturated rings. The summed E-state index contributed by atoms with van der Waals surface area (Å²) in [7, 11) is 1.55. The van der Waals surface area contributed by atoms with E-state index in [0.29, 0.717) is 11.3 Å². The molecule has 0 spiro atoms. The van der Waals surface area contributed by atoms with E-state index in [9.17, 15) is 14.0 Å². The van der Waals surface area contributed by atoms with Crippen molar-refractivity contribution < 1.29 is 18.7 Å². The molecule has 0 unspecified atom stereocenters. The van der Waals surface area contributed by atoms with E-state index in [2.05, 4.69) is 0 Å². The minimum atomic E-state index is -0.986. The molecule has 3 rings (SSSR count). The lowest BCUT2D eigenvalue weighted by Crippen LogP contribution is -2.41. The molecule has 5 nitrogen and oxygen atoms in total. The first kappa shape index (κ1) is 20.1. The smallest absolute Gasteiger partial charge is 0.255 e. The standard InChI is InChI=1S/C23H21FN2O3/c1-29-20-9-5-6-16(14-20)15-26(23(28)18-10-12-19(24)13-11-18)21(22(25)27)17-7-3-2-4-8-17/h2-14,21H,15H2,1H3,(H2,25,27)/t21-/m1/s1. The summed E-state index contributed by atoms with van der Waals surface area (Å²) in [5.74, 6) is -0.905. The van der Waals surface area contributed by atoms with E-state index in [1.807, 2.05) is 12.1 Å². The number of primary amides is 1. The number of nitrogens with two attached hydrogens (primary N) is 1. The van der Waals surface area contributed by atoms with Crippen molar-refractivity contribution in [3.05, 3.63) is 101 Å². The molecule has 1 atom stereocenters. The van der Waals surface area contributed by atoms with E-state index >= 15 is 0 Å². The summed E-state index contributed by atoms with van der Waals surface area (Å²) in [6.07, 6.45) is 0. The highest BCUT2D eigenvalue weighted by molar-refractivity contribution is 5.97. The summed E-state index contributed by atoms with van der Waals surface area (Å²) in [4.78, 5) is 27.1. The van der Waals surface area contributed by atoms with Gasteiger partial charge in [0.05, 0.1) is 7.11 Å². The normalized spacial score (nSPS) is 11.5. The first-order chi connectivity index (χ1) is 14.0. The van der Waals surface area contributed by atoms with Crippen molar-refractivity contribution in [3.63, 3.8) is 0 Å². The lowest BCUT2D eigenvalue weighted by Gasteiger charge is -2.30. The van der Waals surface area contributed by atoms with E-state index in [-0.39, 0.29) is 12.1 Å². The fourth-order valence-electron chi connectivity index (χ4n) is 3.14. The monoisotopic (exact) mass is 392 g/mol. The Kier molecular flexibility index (Phi) is 6.24. The summed E-state index contributed by atoms with van der Waals surface area (Å²) in [6.45, 7) is 0.121. The summed E-state index contributed by atoms with van der Waals surface area (Å²) in [6, 6.07) is 20.3. The highest BCUT2D eigenvalue weighted by Gasteiger charge is 2.30. The van der Waals surface area contributed by atoms with Gasteiger partial charge in [0.25, 0.3) is 5.91 Å². The second kappa shape index (κ2) is 9.01. The molecule has 148 valence electrons. The van der Waals surface area contributed by atoms with Gasteiger partial charge >= 0.3 is 0 Å². The molecule has 0 aromatic heterocycles. The van der Waals surface area contributed by atoms with Crippen molar-refractivity contribution in [1.29, 1.82) is 0 Å². The molecule has 0 heterocycles. The van der Waals surface area contributed by atoms with Crippen molar-refractivity contribution in [3.8, 4) is 5.75 Å². The van der Waals surface area contributed by atoms with Crippen LogP contribution in [0.4, 0.5) is 4.39 Å². The van der Waals surface area contributed by atoms with Gasteiger partial charge in [0, 0.05) is 12.1 Å². The molecule has 0 aliphatic rings. The SMILES string of the molecule is COc1cccc(CN(C(=O)c2ccc(F)cc2)[C@@H](C(N)=O)c2ccccc2)c1. The molecule has 6 heteroatoms. The minimum absolute atomic E-state index is 0.121. The average molecular weight is 392 g/mol. The molecule has 3 aromatic rings. The number of methoxy groups -OCH3 is 1. The van der Waals surface area contributed by atoms with Gasteiger partial charge in [0.15, 0.2) is 0 Å². The zero-order chi connectivity index (χ0) is 20.8. The summed E-state index contributed by atoms with van der Waals surface area (Å²) < 4.78 is 18.6. The number of hydrogen-bond donors (Lipinski definition) is 1. The largest absolute Gasteiger partial charge is 0.497 e. The van der Waals surface area contributed by atoms with Crippen LogP contribution >= 0.6 is 0 Å². The van der Waals surface area contributed by atoms with Crippen LogP contribution in [0, 0.1) is 5.82 Å². The van der Waals surface area contributed by atoms with E-state index in [4.69, 9.17) is 10.5 Å². The third kappa shape index (κ3) is 4.79. The Bertz CT molecular complexity index is 991. The highest BCUT2D eigenvalue weighted by Crippen LogP contribution is 2.26. The molecule has 2 amide bonds. The van der Waals surface area contributed by atoms with Gasteiger partial charge in [0.2, 0.25) is 5.91 Å². The Balaban J connectivity index is 2.05. The summed E-state index contributed by atoms with van der Waals surface area (Å²) >= 11 is 0. The fourth-order valence-corrected chi connectivity index (χ4v) is 3.14. The maximum atomic E-state index is 13.3. The van der Waals surface area contributed by atoms with Gasteiger partial charge in [-0.2, -0.15) is 0 Å². The third-order valence-electron chi connectivity index (χ3n) is 4.54. The molecule has 3 aromatic carbocycles. The maximum Gasteiger partial charge on any atom is 0.255 e. The van der Waals surface area contributed by atoms with E-state index in [0.717, 1.165) is 5.56 Å². The molecule has 0 saturated heterocycles. The second-order valence-corrected chi connectivity index (χ2v) is 6.51. The van der Waals surface area contributed by atoms with Crippen molar-refractivity contribution >= 4 is 11.8 Å². The van der Waals surface area contributed by atoms with E-state index in [1.165, 1.54) is 29.2 Å². The van der Waals surface area contributed by atoms with Gasteiger partial charge in [0.1, 0.15) is 17.6 Å². The maximum absolute atomic E-state index is 13.3. The van der Waals surface area contributed by atoms with Crippen LogP contribution in [0.25, 0.3) is 0 Å². The lowest BCUT2D eigenvalue weighted by molar-refractivity contribution is -0.122. The first-order valence-electron chi connectivity index (χ1n) is 9.03. The Morgan fingerprint density at radius 1 is 1.00 bits per heavy atom. The zero-order valence-corrected chi connectivity index (χ0v) is 15.9. The topological polar surface area (TPSA) is 72.6 Å². The number of carbonyl (C=O) groups is 2. The van der Waals surface area contributed by atoms with Crippen LogP contribution in [0.5, 0.6) is 5.75 Å². The average Bonchev–Trinajstić information content (AvgIpc) is 2.74. The Morgan fingerprint density at radius 3 is 2.31 bits per heavy atom. The van der Waals surface area contributed by atoms with Crippen molar-refractivity contribution in [2.45, 2.75) is 12.6 Å². The van der Waals surface area contributed by atoms with Crippen LogP contribution in [0.15, 0.2) is 78.9 Å². The number of halogens is 1. The Morgan fingerprint density at radius 2 is 1.69 bits per heavy atom. The molecule has 29 heavy (non-hydrogen) atoms. The van der Waals surface area contributed by atoms with Crippen molar-refractivity contribution in [2.24, 2.45) is 5.73 Å². The predicted octanol–water partition coefficient (Wildman–Crippen LogP) is 3.70. The van der Waals surface area contributed by atoms with Gasteiger partial charge in [-0.1, -0.05) is 42.5 Å². The quantitative estimate of drug-likeness (QED) is 0.666. The molecule has 0 saturated carbocycles. The van der Waals surface area contributed by atoms with Gasteiger partial charge in [-0.15, -0.1) is 0 Å². The molecule has 0 aliphatic carbocycles. The van der Waals surface area contributed by atoms with Gasteiger partial charge in [-0.25, -0.2) is 4.39 Å². The van der Waals surface area contributed by atoms with E-state index in [1.54, 1.807) is 49.6 Å². The van der Waals surface area contributed by atoms with Crippen LogP contribution in [0.3, 0.4) is 0 Å². The fraction of sp³-hybridized carbons (Fsp3) is 0.130. The number of amides is 2. The summed E-state index contributed by atoms with van der Waals surface area (Å²) in [5, 5.41) is 0. The van der Waals surface area contributed by atoms with Gasteiger partial charge in [-0.05, 0) is 47.5 Å². The van der Waals surface area contributed by atoms with Crippen LogP contribution < -0.4 is 10.5 Å². The molecular weight excluding hydrogens is 371 g/mol. The van der Waals surface area contributed by atoms with Crippen molar-refractivity contribution in [1.82, 2.24) is 4.90 Å².